The van der Waals surface area contributed by atoms with Crippen molar-refractivity contribution in [1.82, 2.24) is 0 Å². The molecule has 178 valence electrons. The van der Waals surface area contributed by atoms with Crippen molar-refractivity contribution in [3.63, 3.8) is 0 Å². The number of anilines is 1. The van der Waals surface area contributed by atoms with Crippen LogP contribution in [0.3, 0.4) is 0 Å². The zero-order valence-corrected chi connectivity index (χ0v) is 18.7. The van der Waals surface area contributed by atoms with Crippen molar-refractivity contribution in [1.29, 1.82) is 0 Å². The molecule has 7 nitrogen and oxygen atoms in total. The van der Waals surface area contributed by atoms with Crippen molar-refractivity contribution < 1.29 is 33.3 Å². The van der Waals surface area contributed by atoms with Crippen LogP contribution in [0.4, 0.5) is 14.9 Å². The Bertz CT molecular complexity index is 925. The Labute approximate surface area is 192 Å². The molecule has 0 atom stereocenters. The molecule has 1 saturated carbocycles. The predicted octanol–water partition coefficient (Wildman–Crippen LogP) is 5.35. The molecule has 2 N–H and O–H groups in total. The third-order valence-corrected chi connectivity index (χ3v) is 5.69. The van der Waals surface area contributed by atoms with Crippen molar-refractivity contribution in [3.05, 3.63) is 48.3 Å². The SMILES string of the molecule is CCOc1ccc(-c2cc(F)ccc2NC(=O)OCC2CCC(COCC(=O)O)CC2)cc1. The zero-order valence-electron chi connectivity index (χ0n) is 18.7. The van der Waals surface area contributed by atoms with E-state index in [0.717, 1.165) is 37.0 Å². The van der Waals surface area contributed by atoms with Gasteiger partial charge in [-0.05, 0) is 80.3 Å². The van der Waals surface area contributed by atoms with E-state index in [2.05, 4.69) is 5.32 Å². The molecular weight excluding hydrogens is 429 g/mol. The van der Waals surface area contributed by atoms with E-state index >= 15 is 0 Å². The van der Waals surface area contributed by atoms with E-state index in [1.165, 1.54) is 18.2 Å². The van der Waals surface area contributed by atoms with Crippen LogP contribution in [0.2, 0.25) is 0 Å². The maximum atomic E-state index is 13.9. The Hall–Kier alpha value is -3.13. The number of carboxylic acid groups (broad SMARTS) is 1. The lowest BCUT2D eigenvalue weighted by Crippen LogP contribution is -2.25. The lowest BCUT2D eigenvalue weighted by molar-refractivity contribution is -0.142. The summed E-state index contributed by atoms with van der Waals surface area (Å²) in [5, 5.41) is 11.4. The third-order valence-electron chi connectivity index (χ3n) is 5.69. The van der Waals surface area contributed by atoms with Gasteiger partial charge in [0.05, 0.1) is 25.5 Å². The van der Waals surface area contributed by atoms with E-state index in [-0.39, 0.29) is 12.5 Å². The average molecular weight is 460 g/mol. The lowest BCUT2D eigenvalue weighted by Gasteiger charge is -2.27. The Morgan fingerprint density at radius 1 is 1.03 bits per heavy atom. The van der Waals surface area contributed by atoms with Gasteiger partial charge < -0.3 is 19.3 Å². The summed E-state index contributed by atoms with van der Waals surface area (Å²) in [6, 6.07) is 11.4. The van der Waals surface area contributed by atoms with Gasteiger partial charge in [-0.25, -0.2) is 14.0 Å². The molecule has 2 aromatic rings. The van der Waals surface area contributed by atoms with Crippen LogP contribution >= 0.6 is 0 Å². The van der Waals surface area contributed by atoms with Gasteiger partial charge >= 0.3 is 12.1 Å². The summed E-state index contributed by atoms with van der Waals surface area (Å²) in [6.45, 7) is 2.92. The fraction of sp³-hybridized carbons (Fsp3) is 0.440. The molecule has 3 rings (SSSR count). The zero-order chi connectivity index (χ0) is 23.6. The highest BCUT2D eigenvalue weighted by atomic mass is 19.1. The van der Waals surface area contributed by atoms with E-state index in [9.17, 15) is 14.0 Å². The van der Waals surface area contributed by atoms with Crippen LogP contribution in [0.25, 0.3) is 11.1 Å². The number of carbonyl (C=O) groups is 2. The van der Waals surface area contributed by atoms with Gasteiger partial charge in [0, 0.05) is 5.56 Å². The fourth-order valence-electron chi connectivity index (χ4n) is 3.98. The second-order valence-electron chi connectivity index (χ2n) is 8.17. The van der Waals surface area contributed by atoms with Crippen LogP contribution in [0.5, 0.6) is 5.75 Å². The molecule has 0 spiro atoms. The topological polar surface area (TPSA) is 94.1 Å². The first-order valence-electron chi connectivity index (χ1n) is 11.2. The molecule has 0 aromatic heterocycles. The van der Waals surface area contributed by atoms with Crippen LogP contribution in [-0.2, 0) is 14.3 Å². The molecule has 0 unspecified atom stereocenters. The molecule has 0 aliphatic heterocycles. The lowest BCUT2D eigenvalue weighted by atomic mass is 9.83. The molecule has 1 aliphatic rings. The minimum atomic E-state index is -0.963. The maximum absolute atomic E-state index is 13.9. The van der Waals surface area contributed by atoms with Crippen LogP contribution in [-0.4, -0.2) is 43.6 Å². The minimum Gasteiger partial charge on any atom is -0.494 e. The molecule has 0 heterocycles. The number of carbonyl (C=O) groups excluding carboxylic acids is 1. The van der Waals surface area contributed by atoms with E-state index in [1.54, 1.807) is 12.1 Å². The molecule has 0 bridgehead atoms. The smallest absolute Gasteiger partial charge is 0.411 e. The summed E-state index contributed by atoms with van der Waals surface area (Å²) < 4.78 is 30.0. The molecule has 33 heavy (non-hydrogen) atoms. The van der Waals surface area contributed by atoms with Gasteiger partial charge in [-0.2, -0.15) is 0 Å². The number of rotatable bonds is 10. The monoisotopic (exact) mass is 459 g/mol. The number of hydrogen-bond acceptors (Lipinski definition) is 5. The van der Waals surface area contributed by atoms with Crippen LogP contribution in [0, 0.1) is 17.7 Å². The van der Waals surface area contributed by atoms with Crippen molar-refractivity contribution in [2.24, 2.45) is 11.8 Å². The van der Waals surface area contributed by atoms with Gasteiger partial charge in [0.25, 0.3) is 0 Å². The van der Waals surface area contributed by atoms with Crippen LogP contribution in [0.1, 0.15) is 32.6 Å². The average Bonchev–Trinajstić information content (AvgIpc) is 2.80. The summed E-state index contributed by atoms with van der Waals surface area (Å²) in [6.07, 6.45) is 3.02. The van der Waals surface area contributed by atoms with Crippen molar-refractivity contribution >= 4 is 17.7 Å². The standard InChI is InChI=1S/C25H30FNO6/c1-2-32-21-10-7-19(8-11-21)22-13-20(26)9-12-23(22)27-25(30)33-15-18-5-3-17(4-6-18)14-31-16-24(28)29/h7-13,17-18H,2-6,14-16H2,1H3,(H,27,30)(H,28,29). The number of amides is 1. The Balaban J connectivity index is 1.50. The largest absolute Gasteiger partial charge is 0.494 e. The van der Waals surface area contributed by atoms with Gasteiger partial charge in [0.2, 0.25) is 0 Å². The second-order valence-corrected chi connectivity index (χ2v) is 8.17. The molecule has 2 aromatic carbocycles. The second kappa shape index (κ2) is 12.2. The summed E-state index contributed by atoms with van der Waals surface area (Å²) in [7, 11) is 0. The molecule has 0 radical (unpaired) electrons. The molecule has 0 saturated heterocycles. The Morgan fingerprint density at radius 3 is 2.33 bits per heavy atom. The molecule has 8 heteroatoms. The normalized spacial score (nSPS) is 17.9. The molecule has 1 aliphatic carbocycles. The first-order chi connectivity index (χ1) is 15.9. The number of carboxylic acids is 1. The van der Waals surface area contributed by atoms with Gasteiger partial charge in [0.15, 0.2) is 0 Å². The fourth-order valence-corrected chi connectivity index (χ4v) is 3.98. The van der Waals surface area contributed by atoms with Crippen molar-refractivity contribution in [2.75, 3.05) is 31.7 Å². The predicted molar refractivity (Wildman–Crippen MR) is 122 cm³/mol. The van der Waals surface area contributed by atoms with Crippen molar-refractivity contribution in [2.45, 2.75) is 32.6 Å². The number of aliphatic carboxylic acids is 1. The van der Waals surface area contributed by atoms with Crippen LogP contribution < -0.4 is 10.1 Å². The first-order valence-corrected chi connectivity index (χ1v) is 11.2. The summed E-state index contributed by atoms with van der Waals surface area (Å²) in [5.74, 6) is -0.0536. The number of halogens is 1. The summed E-state index contributed by atoms with van der Waals surface area (Å²) >= 11 is 0. The number of benzene rings is 2. The van der Waals surface area contributed by atoms with E-state index in [1.807, 2.05) is 19.1 Å². The van der Waals surface area contributed by atoms with Gasteiger partial charge in [-0.1, -0.05) is 12.1 Å². The highest BCUT2D eigenvalue weighted by molar-refractivity contribution is 5.91. The first kappa shape index (κ1) is 24.5. The molecule has 1 amide bonds. The van der Waals surface area contributed by atoms with E-state index in [4.69, 9.17) is 19.3 Å². The molecular formula is C25H30FNO6. The van der Waals surface area contributed by atoms with Gasteiger partial charge in [0.1, 0.15) is 18.2 Å². The number of ether oxygens (including phenoxy) is 3. The van der Waals surface area contributed by atoms with Crippen molar-refractivity contribution in [3.8, 4) is 16.9 Å². The van der Waals surface area contributed by atoms with Gasteiger partial charge in [-0.15, -0.1) is 0 Å². The van der Waals surface area contributed by atoms with Gasteiger partial charge in [-0.3, -0.25) is 5.32 Å². The summed E-state index contributed by atoms with van der Waals surface area (Å²) in [4.78, 5) is 22.9. The Morgan fingerprint density at radius 2 is 1.70 bits per heavy atom. The minimum absolute atomic E-state index is 0.255. The third kappa shape index (κ3) is 7.75. The number of nitrogens with one attached hydrogen (secondary N) is 1. The highest BCUT2D eigenvalue weighted by Crippen LogP contribution is 2.31. The number of hydrogen-bond donors (Lipinski definition) is 2. The van der Waals surface area contributed by atoms with E-state index in [0.29, 0.717) is 37.0 Å². The molecule has 1 fully saturated rings. The highest BCUT2D eigenvalue weighted by Gasteiger charge is 2.23. The summed E-state index contributed by atoms with van der Waals surface area (Å²) in [5.41, 5.74) is 1.76. The Kier molecular flexibility index (Phi) is 9.06. The van der Waals surface area contributed by atoms with Crippen LogP contribution in [0.15, 0.2) is 42.5 Å². The maximum Gasteiger partial charge on any atom is 0.411 e. The quantitative estimate of drug-likeness (QED) is 0.498. The van der Waals surface area contributed by atoms with E-state index < -0.39 is 17.9 Å².